The first kappa shape index (κ1) is 37.4. The van der Waals surface area contributed by atoms with Crippen molar-refractivity contribution in [1.29, 1.82) is 0 Å². The molecule has 53 heavy (non-hydrogen) atoms. The van der Waals surface area contributed by atoms with Gasteiger partial charge in [0.1, 0.15) is 25.0 Å². The molecule has 5 aromatic rings. The Hall–Kier alpha value is -5.32. The van der Waals surface area contributed by atoms with E-state index in [1.54, 1.807) is 24.4 Å². The Balaban J connectivity index is 1.22. The van der Waals surface area contributed by atoms with Crippen LogP contribution in [0.2, 0.25) is 10.0 Å². The summed E-state index contributed by atoms with van der Waals surface area (Å²) in [5.74, 6) is -0.0565. The summed E-state index contributed by atoms with van der Waals surface area (Å²) in [6, 6.07) is 30.2. The number of imidazole rings is 1. The summed E-state index contributed by atoms with van der Waals surface area (Å²) < 4.78 is 11.4. The van der Waals surface area contributed by atoms with Gasteiger partial charge in [0, 0.05) is 40.5 Å². The summed E-state index contributed by atoms with van der Waals surface area (Å²) >= 11 is 13.2. The van der Waals surface area contributed by atoms with E-state index in [4.69, 9.17) is 32.7 Å². The number of nitrogens with one attached hydrogen (secondary N) is 3. The van der Waals surface area contributed by atoms with Crippen molar-refractivity contribution in [2.75, 3.05) is 6.54 Å². The molecule has 4 aromatic carbocycles. The summed E-state index contributed by atoms with van der Waals surface area (Å²) in [7, 11) is 0. The summed E-state index contributed by atoms with van der Waals surface area (Å²) in [5, 5.41) is 6.82. The highest BCUT2D eigenvalue weighted by Crippen LogP contribution is 2.42. The van der Waals surface area contributed by atoms with Crippen LogP contribution in [0, 0.1) is 5.92 Å². The maximum Gasteiger partial charge on any atom is 0.408 e. The maximum atomic E-state index is 14.5. The van der Waals surface area contributed by atoms with Crippen LogP contribution in [0.3, 0.4) is 0 Å². The van der Waals surface area contributed by atoms with Crippen molar-refractivity contribution in [2.45, 2.75) is 57.5 Å². The molecule has 1 aromatic heterocycles. The Bertz CT molecular complexity index is 1920. The monoisotopic (exact) mass is 753 g/mol. The van der Waals surface area contributed by atoms with Crippen molar-refractivity contribution >= 4 is 41.1 Å². The minimum atomic E-state index is -1.08. The number of nitrogens with zero attached hydrogens (tertiary/aromatic N) is 2. The van der Waals surface area contributed by atoms with Gasteiger partial charge in [0.15, 0.2) is 0 Å². The highest BCUT2D eigenvalue weighted by molar-refractivity contribution is 6.36. The second-order valence-corrected chi connectivity index (χ2v) is 13.8. The molecule has 0 radical (unpaired) electrons. The molecule has 10 nitrogen and oxygen atoms in total. The quantitative estimate of drug-likeness (QED) is 0.0944. The highest BCUT2D eigenvalue weighted by Gasteiger charge is 2.34. The third kappa shape index (κ3) is 10.6. The molecule has 1 heterocycles. The second kappa shape index (κ2) is 18.4. The van der Waals surface area contributed by atoms with E-state index in [9.17, 15) is 14.4 Å². The first-order valence-electron chi connectivity index (χ1n) is 17.5. The van der Waals surface area contributed by atoms with E-state index in [1.165, 1.54) is 11.2 Å². The predicted molar refractivity (Wildman–Crippen MR) is 203 cm³/mol. The number of H-pyrrole nitrogens is 1. The molecule has 1 saturated carbocycles. The molecule has 3 amide bonds. The van der Waals surface area contributed by atoms with Crippen LogP contribution in [0.15, 0.2) is 116 Å². The van der Waals surface area contributed by atoms with E-state index < -0.39 is 24.1 Å². The lowest BCUT2D eigenvalue weighted by Crippen LogP contribution is -2.52. The van der Waals surface area contributed by atoms with Gasteiger partial charge in [-0.15, -0.1) is 0 Å². The van der Waals surface area contributed by atoms with Crippen LogP contribution in [-0.2, 0) is 40.5 Å². The molecule has 2 atom stereocenters. The molecule has 0 spiro atoms. The van der Waals surface area contributed by atoms with Crippen LogP contribution < -0.4 is 15.4 Å². The number of carbonyl (C=O) groups is 3. The van der Waals surface area contributed by atoms with Crippen molar-refractivity contribution in [3.8, 4) is 5.75 Å². The fourth-order valence-corrected chi connectivity index (χ4v) is 6.84. The lowest BCUT2D eigenvalue weighted by atomic mass is 9.77. The van der Waals surface area contributed by atoms with Crippen molar-refractivity contribution in [3.05, 3.63) is 154 Å². The van der Waals surface area contributed by atoms with Gasteiger partial charge in [-0.3, -0.25) is 9.59 Å². The number of carbonyl (C=O) groups excluding carboxylic acids is 3. The van der Waals surface area contributed by atoms with E-state index >= 15 is 0 Å². The van der Waals surface area contributed by atoms with E-state index in [-0.39, 0.29) is 37.9 Å². The molecule has 0 bridgehead atoms. The largest absolute Gasteiger partial charge is 0.489 e. The van der Waals surface area contributed by atoms with Crippen molar-refractivity contribution in [2.24, 2.45) is 5.92 Å². The van der Waals surface area contributed by atoms with Crippen LogP contribution >= 0.6 is 23.2 Å². The number of halogens is 2. The van der Waals surface area contributed by atoms with Gasteiger partial charge in [0.25, 0.3) is 0 Å². The van der Waals surface area contributed by atoms with Gasteiger partial charge in [0.05, 0.1) is 18.9 Å². The first-order valence-corrected chi connectivity index (χ1v) is 18.3. The number of benzene rings is 4. The normalized spacial score (nSPS) is 13.6. The Labute approximate surface area is 318 Å². The molecule has 2 unspecified atom stereocenters. The van der Waals surface area contributed by atoms with Gasteiger partial charge in [-0.1, -0.05) is 108 Å². The Morgan fingerprint density at radius 1 is 0.811 bits per heavy atom. The zero-order valence-electron chi connectivity index (χ0n) is 29.1. The molecule has 1 fully saturated rings. The Kier molecular flexibility index (Phi) is 13.0. The standard InChI is InChI=1S/C41H41Cl2N5O5/c42-34-15-8-16-35(43)38(34)39(31-13-7-14-31)47-37(49)24-48(23-28-17-19-33(20-18-28)52-25-29-9-3-1-4-10-29)40(50)36(21-32-22-44-27-45-32)46-41(51)53-26-30-11-5-2-6-12-30/h1-6,8-12,15-20,22,27,31,36,39H,7,13-14,21,23-26H2,(H,44,45)(H,46,51)(H,47,49). The molecule has 1 aliphatic carbocycles. The summed E-state index contributed by atoms with van der Waals surface area (Å²) in [5.41, 5.74) is 3.88. The fraction of sp³-hybridized carbons (Fsp3) is 0.268. The zero-order valence-corrected chi connectivity index (χ0v) is 30.6. The maximum absolute atomic E-state index is 14.5. The zero-order chi connectivity index (χ0) is 37.0. The SMILES string of the molecule is O=C(CN(Cc1ccc(OCc2ccccc2)cc1)C(=O)C(Cc1cnc[nH]1)NC(=O)OCc1ccccc1)NC(c1c(Cl)cccc1Cl)C1CCC1. The Morgan fingerprint density at radius 3 is 2.08 bits per heavy atom. The smallest absolute Gasteiger partial charge is 0.408 e. The van der Waals surface area contributed by atoms with E-state index in [1.807, 2.05) is 84.9 Å². The average molecular weight is 755 g/mol. The van der Waals surface area contributed by atoms with Crippen LogP contribution in [-0.4, -0.2) is 45.4 Å². The molecular formula is C41H41Cl2N5O5. The predicted octanol–water partition coefficient (Wildman–Crippen LogP) is 7.82. The number of alkyl carbamates (subject to hydrolysis) is 1. The van der Waals surface area contributed by atoms with Gasteiger partial charge < -0.3 is 30.0 Å². The number of aromatic amines is 1. The summed E-state index contributed by atoms with van der Waals surface area (Å²) in [4.78, 5) is 50.0. The third-order valence-corrected chi connectivity index (χ3v) is 9.88. The van der Waals surface area contributed by atoms with Crippen LogP contribution in [0.4, 0.5) is 4.79 Å². The molecule has 12 heteroatoms. The lowest BCUT2D eigenvalue weighted by molar-refractivity contribution is -0.138. The fourth-order valence-electron chi connectivity index (χ4n) is 6.21. The van der Waals surface area contributed by atoms with E-state index in [0.717, 1.165) is 36.0 Å². The van der Waals surface area contributed by atoms with Crippen molar-refractivity contribution in [1.82, 2.24) is 25.5 Å². The van der Waals surface area contributed by atoms with Gasteiger partial charge in [0.2, 0.25) is 11.8 Å². The summed E-state index contributed by atoms with van der Waals surface area (Å²) in [6.45, 7) is 0.211. The number of hydrogen-bond donors (Lipinski definition) is 3. The molecular weight excluding hydrogens is 713 g/mol. The van der Waals surface area contributed by atoms with Crippen molar-refractivity contribution < 1.29 is 23.9 Å². The van der Waals surface area contributed by atoms with Crippen LogP contribution in [0.25, 0.3) is 0 Å². The molecule has 0 saturated heterocycles. The number of rotatable bonds is 16. The third-order valence-electron chi connectivity index (χ3n) is 9.22. The topological polar surface area (TPSA) is 126 Å². The van der Waals surface area contributed by atoms with Gasteiger partial charge >= 0.3 is 6.09 Å². The van der Waals surface area contributed by atoms with Crippen molar-refractivity contribution in [3.63, 3.8) is 0 Å². The lowest BCUT2D eigenvalue weighted by Gasteiger charge is -2.36. The molecule has 1 aliphatic rings. The first-order chi connectivity index (χ1) is 25.8. The van der Waals surface area contributed by atoms with Gasteiger partial charge in [-0.05, 0) is 59.7 Å². The second-order valence-electron chi connectivity index (χ2n) is 13.0. The average Bonchev–Trinajstić information content (AvgIpc) is 3.66. The highest BCUT2D eigenvalue weighted by atomic mass is 35.5. The van der Waals surface area contributed by atoms with Crippen LogP contribution in [0.1, 0.15) is 53.3 Å². The minimum absolute atomic E-state index is 0.0234. The van der Waals surface area contributed by atoms with E-state index in [0.29, 0.717) is 33.7 Å². The number of amides is 3. The van der Waals surface area contributed by atoms with Gasteiger partial charge in [-0.25, -0.2) is 9.78 Å². The Morgan fingerprint density at radius 2 is 1.47 bits per heavy atom. The molecule has 6 rings (SSSR count). The number of hydrogen-bond acceptors (Lipinski definition) is 6. The number of aromatic nitrogens is 2. The summed E-state index contributed by atoms with van der Waals surface area (Å²) in [6.07, 6.45) is 5.26. The number of ether oxygens (including phenoxy) is 2. The molecule has 274 valence electrons. The van der Waals surface area contributed by atoms with Crippen LogP contribution in [0.5, 0.6) is 5.75 Å². The van der Waals surface area contributed by atoms with Gasteiger partial charge in [-0.2, -0.15) is 0 Å². The minimum Gasteiger partial charge on any atom is -0.489 e. The molecule has 0 aliphatic heterocycles. The van der Waals surface area contributed by atoms with E-state index in [2.05, 4.69) is 20.6 Å². The molecule has 3 N–H and O–H groups in total.